The van der Waals surface area contributed by atoms with Crippen molar-refractivity contribution < 1.29 is 19.1 Å². The monoisotopic (exact) mass is 411 g/mol. The van der Waals surface area contributed by atoms with Crippen molar-refractivity contribution >= 4 is 34.9 Å². The molecule has 3 amide bonds. The Bertz CT molecular complexity index is 1050. The van der Waals surface area contributed by atoms with E-state index in [9.17, 15) is 9.59 Å². The molecule has 0 unspecified atom stereocenters. The average molecular weight is 411 g/mol. The van der Waals surface area contributed by atoms with E-state index < -0.39 is 5.91 Å². The Kier molecular flexibility index (Phi) is 7.81. The lowest BCUT2D eigenvalue weighted by atomic mass is 10.1. The van der Waals surface area contributed by atoms with Gasteiger partial charge in [0.05, 0.1) is 12.7 Å². The van der Waals surface area contributed by atoms with Crippen LogP contribution in [0.4, 0.5) is 5.82 Å². The predicted octanol–water partition coefficient (Wildman–Crippen LogP) is 1.39. The number of hydrogen-bond donors (Lipinski definition) is 5. The molecule has 0 aliphatic rings. The summed E-state index contributed by atoms with van der Waals surface area (Å²) in [6.45, 7) is 0.503. The van der Waals surface area contributed by atoms with E-state index in [1.54, 1.807) is 32.4 Å². The number of amides is 3. The molecule has 30 heavy (non-hydrogen) atoms. The molecule has 0 saturated carbocycles. The second-order valence-corrected chi connectivity index (χ2v) is 6.24. The van der Waals surface area contributed by atoms with Crippen molar-refractivity contribution in [2.45, 2.75) is 6.42 Å². The number of aromatic nitrogens is 1. The van der Waals surface area contributed by atoms with Gasteiger partial charge in [-0.25, -0.2) is 0 Å². The first kappa shape index (κ1) is 22.3. The van der Waals surface area contributed by atoms with Crippen LogP contribution in [0, 0.1) is 0 Å². The summed E-state index contributed by atoms with van der Waals surface area (Å²) in [6, 6.07) is 12.9. The molecule has 3 aromatic rings. The number of nitrogens with two attached hydrogens (primary N) is 2. The Morgan fingerprint density at radius 1 is 1.20 bits per heavy atom. The lowest BCUT2D eigenvalue weighted by Crippen LogP contribution is -2.25. The lowest BCUT2D eigenvalue weighted by Gasteiger charge is -2.07. The van der Waals surface area contributed by atoms with Gasteiger partial charge < -0.3 is 31.8 Å². The molecule has 2 aromatic carbocycles. The number of methoxy groups -OCH3 is 1. The zero-order valence-electron chi connectivity index (χ0n) is 16.8. The predicted molar refractivity (Wildman–Crippen MR) is 116 cm³/mol. The molecule has 1 heterocycles. The lowest BCUT2D eigenvalue weighted by molar-refractivity contribution is -0.106. The van der Waals surface area contributed by atoms with Gasteiger partial charge in [-0.05, 0) is 36.2 Å². The first-order valence-corrected chi connectivity index (χ1v) is 9.14. The standard InChI is InChI=1S/C20H22N4O3.CH3NO/c1-22-19-17(18(21)25)15-7-6-13(11-16(15)24-19)20(26)23-9-8-12-4-3-5-14(10-12)27-2;2-1-3/h3-7,10-11,22,24H,8-9H2,1-2H3,(H2,21,25)(H,23,26);1H,(H2,2,3). The van der Waals surface area contributed by atoms with Crippen molar-refractivity contribution in [1.29, 1.82) is 0 Å². The van der Waals surface area contributed by atoms with Crippen molar-refractivity contribution in [1.82, 2.24) is 10.3 Å². The quantitative estimate of drug-likeness (QED) is 0.372. The second kappa shape index (κ2) is 10.5. The Morgan fingerprint density at radius 3 is 2.57 bits per heavy atom. The number of H-pyrrole nitrogens is 1. The van der Waals surface area contributed by atoms with Gasteiger partial charge in [-0.1, -0.05) is 18.2 Å². The molecule has 0 spiro atoms. The SMILES string of the molecule is CNc1[nH]c2cc(C(=O)NCCc3cccc(OC)c3)ccc2c1C(N)=O.NC=O. The number of benzene rings is 2. The van der Waals surface area contributed by atoms with Crippen LogP contribution < -0.4 is 26.8 Å². The zero-order valence-corrected chi connectivity index (χ0v) is 16.8. The van der Waals surface area contributed by atoms with E-state index in [1.165, 1.54) is 0 Å². The molecule has 3 rings (SSSR count). The first-order chi connectivity index (χ1) is 14.4. The molecule has 0 saturated heterocycles. The van der Waals surface area contributed by atoms with Gasteiger partial charge in [-0.3, -0.25) is 14.4 Å². The fourth-order valence-corrected chi connectivity index (χ4v) is 3.03. The van der Waals surface area contributed by atoms with Crippen LogP contribution in [-0.2, 0) is 11.2 Å². The summed E-state index contributed by atoms with van der Waals surface area (Å²) < 4.78 is 5.20. The summed E-state index contributed by atoms with van der Waals surface area (Å²) in [5.41, 5.74) is 12.3. The number of anilines is 1. The van der Waals surface area contributed by atoms with E-state index in [2.05, 4.69) is 21.4 Å². The van der Waals surface area contributed by atoms with Gasteiger partial charge in [-0.15, -0.1) is 0 Å². The Morgan fingerprint density at radius 2 is 1.93 bits per heavy atom. The molecule has 9 nitrogen and oxygen atoms in total. The van der Waals surface area contributed by atoms with Crippen LogP contribution in [0.5, 0.6) is 5.75 Å². The highest BCUT2D eigenvalue weighted by Gasteiger charge is 2.16. The number of primary amides is 2. The van der Waals surface area contributed by atoms with Crippen LogP contribution in [-0.4, -0.2) is 43.9 Å². The maximum Gasteiger partial charge on any atom is 0.253 e. The number of ether oxygens (including phenoxy) is 1. The average Bonchev–Trinajstić information content (AvgIpc) is 3.12. The Hall–Kier alpha value is -4.01. The van der Waals surface area contributed by atoms with Gasteiger partial charge in [-0.2, -0.15) is 0 Å². The van der Waals surface area contributed by atoms with Gasteiger partial charge in [0.2, 0.25) is 6.41 Å². The number of carbonyl (C=O) groups is 3. The topological polar surface area (TPSA) is 152 Å². The summed E-state index contributed by atoms with van der Waals surface area (Å²) in [4.78, 5) is 35.8. The van der Waals surface area contributed by atoms with Crippen LogP contribution in [0.15, 0.2) is 42.5 Å². The van der Waals surface area contributed by atoms with E-state index in [-0.39, 0.29) is 12.3 Å². The number of rotatable bonds is 7. The molecule has 0 radical (unpaired) electrons. The Balaban J connectivity index is 0.00000101. The van der Waals surface area contributed by atoms with Crippen LogP contribution in [0.25, 0.3) is 10.9 Å². The summed E-state index contributed by atoms with van der Waals surface area (Å²) in [5, 5.41) is 6.50. The number of aromatic amines is 1. The van der Waals surface area contributed by atoms with Crippen molar-refractivity contribution in [3.8, 4) is 5.75 Å². The maximum atomic E-state index is 12.4. The third-order valence-electron chi connectivity index (χ3n) is 4.39. The highest BCUT2D eigenvalue weighted by molar-refractivity contribution is 6.12. The Labute approximate surface area is 173 Å². The number of nitrogens with one attached hydrogen (secondary N) is 3. The molecule has 9 heteroatoms. The van der Waals surface area contributed by atoms with E-state index in [0.717, 1.165) is 11.3 Å². The third kappa shape index (κ3) is 5.28. The van der Waals surface area contributed by atoms with Crippen LogP contribution in [0.1, 0.15) is 26.3 Å². The largest absolute Gasteiger partial charge is 0.497 e. The maximum absolute atomic E-state index is 12.4. The van der Waals surface area contributed by atoms with Crippen LogP contribution in [0.2, 0.25) is 0 Å². The van der Waals surface area contributed by atoms with E-state index >= 15 is 0 Å². The van der Waals surface area contributed by atoms with E-state index in [4.69, 9.17) is 15.3 Å². The van der Waals surface area contributed by atoms with Crippen molar-refractivity contribution in [3.63, 3.8) is 0 Å². The van der Waals surface area contributed by atoms with E-state index in [0.29, 0.717) is 40.8 Å². The molecule has 0 bridgehead atoms. The summed E-state index contributed by atoms with van der Waals surface area (Å²) >= 11 is 0. The molecule has 0 aliphatic heterocycles. The molecular weight excluding hydrogens is 386 g/mol. The van der Waals surface area contributed by atoms with Crippen molar-refractivity contribution in [3.05, 3.63) is 59.2 Å². The highest BCUT2D eigenvalue weighted by Crippen LogP contribution is 2.26. The number of hydrogen-bond acceptors (Lipinski definition) is 5. The highest BCUT2D eigenvalue weighted by atomic mass is 16.5. The molecule has 158 valence electrons. The minimum Gasteiger partial charge on any atom is -0.497 e. The smallest absolute Gasteiger partial charge is 0.253 e. The number of carbonyl (C=O) groups excluding carboxylic acids is 3. The van der Waals surface area contributed by atoms with E-state index in [1.807, 2.05) is 24.3 Å². The zero-order chi connectivity index (χ0) is 22.1. The van der Waals surface area contributed by atoms with Gasteiger partial charge in [0.25, 0.3) is 11.8 Å². The van der Waals surface area contributed by atoms with Crippen LogP contribution in [0.3, 0.4) is 0 Å². The normalized spacial score (nSPS) is 9.93. The molecule has 1 aromatic heterocycles. The van der Waals surface area contributed by atoms with Gasteiger partial charge in [0.15, 0.2) is 0 Å². The molecule has 0 fully saturated rings. The van der Waals surface area contributed by atoms with Crippen molar-refractivity contribution in [2.75, 3.05) is 26.0 Å². The second-order valence-electron chi connectivity index (χ2n) is 6.24. The fourth-order valence-electron chi connectivity index (χ4n) is 3.03. The molecule has 0 atom stereocenters. The number of fused-ring (bicyclic) bond motifs is 1. The van der Waals surface area contributed by atoms with Crippen LogP contribution >= 0.6 is 0 Å². The summed E-state index contributed by atoms with van der Waals surface area (Å²) in [5.74, 6) is 0.622. The van der Waals surface area contributed by atoms with Gasteiger partial charge >= 0.3 is 0 Å². The summed E-state index contributed by atoms with van der Waals surface area (Å²) in [7, 11) is 3.32. The molecule has 7 N–H and O–H groups in total. The minimum absolute atomic E-state index is 0.180. The van der Waals surface area contributed by atoms with Gasteiger partial charge in [0, 0.05) is 30.1 Å². The van der Waals surface area contributed by atoms with Crippen molar-refractivity contribution in [2.24, 2.45) is 11.5 Å². The fraction of sp³-hybridized carbons (Fsp3) is 0.190. The van der Waals surface area contributed by atoms with Gasteiger partial charge in [0.1, 0.15) is 11.6 Å². The molecule has 0 aliphatic carbocycles. The third-order valence-corrected chi connectivity index (χ3v) is 4.39. The molecular formula is C21H25N5O4. The summed E-state index contributed by atoms with van der Waals surface area (Å²) in [6.07, 6.45) is 0.948. The first-order valence-electron chi connectivity index (χ1n) is 9.14. The minimum atomic E-state index is -0.527.